The molecule has 30 heavy (non-hydrogen) atoms. The monoisotopic (exact) mass is 423 g/mol. The number of urea groups is 1. The van der Waals surface area contributed by atoms with E-state index in [1.165, 1.54) is 4.90 Å². The molecule has 1 saturated heterocycles. The van der Waals surface area contributed by atoms with Crippen molar-refractivity contribution >= 4 is 41.0 Å². The number of nitrogens with one attached hydrogen (secondary N) is 1. The van der Waals surface area contributed by atoms with Crippen molar-refractivity contribution in [2.24, 2.45) is 0 Å². The number of halogens is 1. The maximum absolute atomic E-state index is 13.2. The fourth-order valence-corrected chi connectivity index (χ4v) is 4.92. The summed E-state index contributed by atoms with van der Waals surface area (Å²) in [6.07, 6.45) is 1.56. The van der Waals surface area contributed by atoms with E-state index in [1.807, 2.05) is 0 Å². The lowest BCUT2D eigenvalue weighted by Gasteiger charge is -2.37. The van der Waals surface area contributed by atoms with Gasteiger partial charge in [0.2, 0.25) is 0 Å². The Balaban J connectivity index is 1.36. The molecule has 8 heteroatoms. The molecule has 5 rings (SSSR count). The molecule has 0 aromatic heterocycles. The van der Waals surface area contributed by atoms with E-state index in [2.05, 4.69) is 5.32 Å². The van der Waals surface area contributed by atoms with Gasteiger partial charge in [-0.2, -0.15) is 0 Å². The van der Waals surface area contributed by atoms with Crippen molar-refractivity contribution in [1.29, 1.82) is 0 Å². The molecule has 1 spiro atoms. The fraction of sp³-hybridized carbons (Fsp3) is 0.273. The number of fused-ring (bicyclic) bond motifs is 1. The van der Waals surface area contributed by atoms with Crippen molar-refractivity contribution in [2.75, 3.05) is 4.90 Å². The second-order valence-electron chi connectivity index (χ2n) is 7.86. The summed E-state index contributed by atoms with van der Waals surface area (Å²) in [6.45, 7) is 0. The first-order valence-electron chi connectivity index (χ1n) is 9.81. The SMILES string of the molecule is O=C1N[C@]2(CC[C@@H](N3C(=O)c4ccccc4C3=O)CC2)C(=O)N1c1ccccc1Cl. The van der Waals surface area contributed by atoms with Gasteiger partial charge >= 0.3 is 6.03 Å². The normalized spacial score (nSPS) is 25.8. The molecule has 1 aliphatic carbocycles. The molecule has 0 bridgehead atoms. The minimum absolute atomic E-state index is 0.295. The standard InChI is InChI=1S/C22H18ClN3O4/c23-16-7-3-4-8-17(16)26-20(29)22(24-21(26)30)11-9-13(10-12-22)25-18(27)14-5-1-2-6-15(14)19(25)28/h1-8,13H,9-12H2,(H,24,30)/t13-,22+. The van der Waals surface area contributed by atoms with Crippen molar-refractivity contribution in [3.05, 3.63) is 64.7 Å². The van der Waals surface area contributed by atoms with Crippen LogP contribution in [0.1, 0.15) is 46.4 Å². The van der Waals surface area contributed by atoms with E-state index in [-0.39, 0.29) is 23.8 Å². The quantitative estimate of drug-likeness (QED) is 0.592. The summed E-state index contributed by atoms with van der Waals surface area (Å²) < 4.78 is 0. The van der Waals surface area contributed by atoms with Crippen LogP contribution < -0.4 is 10.2 Å². The number of para-hydroxylation sites is 1. The van der Waals surface area contributed by atoms with E-state index in [0.29, 0.717) is 47.5 Å². The van der Waals surface area contributed by atoms with Gasteiger partial charge in [-0.15, -0.1) is 0 Å². The maximum Gasteiger partial charge on any atom is 0.329 e. The summed E-state index contributed by atoms with van der Waals surface area (Å²) in [5.74, 6) is -0.937. The molecular formula is C22H18ClN3O4. The molecule has 2 aromatic carbocycles. The van der Waals surface area contributed by atoms with Gasteiger partial charge in [0.1, 0.15) is 5.54 Å². The van der Waals surface area contributed by atoms with Crippen LogP contribution in [-0.4, -0.2) is 40.2 Å². The van der Waals surface area contributed by atoms with E-state index in [0.717, 1.165) is 4.90 Å². The first-order chi connectivity index (χ1) is 14.4. The number of carbonyl (C=O) groups excluding carboxylic acids is 4. The predicted octanol–water partition coefficient (Wildman–Crippen LogP) is 3.37. The summed E-state index contributed by atoms with van der Waals surface area (Å²) >= 11 is 6.19. The molecule has 5 amide bonds. The number of nitrogens with zero attached hydrogens (tertiary/aromatic N) is 2. The van der Waals surface area contributed by atoms with E-state index in [4.69, 9.17) is 11.6 Å². The van der Waals surface area contributed by atoms with Crippen molar-refractivity contribution < 1.29 is 19.2 Å². The Hall–Kier alpha value is -3.19. The van der Waals surface area contributed by atoms with Crippen LogP contribution >= 0.6 is 11.6 Å². The molecule has 7 nitrogen and oxygen atoms in total. The number of amides is 5. The first kappa shape index (κ1) is 18.8. The first-order valence-corrected chi connectivity index (χ1v) is 10.2. The van der Waals surface area contributed by atoms with Gasteiger partial charge in [0.15, 0.2) is 0 Å². The second-order valence-corrected chi connectivity index (χ2v) is 8.27. The van der Waals surface area contributed by atoms with E-state index < -0.39 is 11.6 Å². The summed E-state index contributed by atoms with van der Waals surface area (Å²) in [5.41, 5.74) is 0.141. The van der Waals surface area contributed by atoms with E-state index in [9.17, 15) is 19.2 Å². The molecule has 0 atom stereocenters. The maximum atomic E-state index is 13.2. The number of imide groups is 2. The molecule has 2 heterocycles. The molecule has 2 aliphatic heterocycles. The highest BCUT2D eigenvalue weighted by Crippen LogP contribution is 2.40. The molecular weight excluding hydrogens is 406 g/mol. The zero-order valence-electron chi connectivity index (χ0n) is 15.9. The lowest BCUT2D eigenvalue weighted by Crippen LogP contribution is -2.53. The molecule has 2 aromatic rings. The second kappa shape index (κ2) is 6.67. The summed E-state index contributed by atoms with van der Waals surface area (Å²) in [4.78, 5) is 53.7. The van der Waals surface area contributed by atoms with Crippen LogP contribution in [0.4, 0.5) is 10.5 Å². The molecule has 3 aliphatic rings. The van der Waals surface area contributed by atoms with Crippen LogP contribution in [0.15, 0.2) is 48.5 Å². The minimum Gasteiger partial charge on any atom is -0.323 e. The minimum atomic E-state index is -1.04. The number of rotatable bonds is 2. The summed E-state index contributed by atoms with van der Waals surface area (Å²) in [6, 6.07) is 12.7. The van der Waals surface area contributed by atoms with Gasteiger partial charge in [0.25, 0.3) is 17.7 Å². The molecule has 1 N–H and O–H groups in total. The average Bonchev–Trinajstić information content (AvgIpc) is 3.14. The smallest absolute Gasteiger partial charge is 0.323 e. The van der Waals surface area contributed by atoms with Gasteiger partial charge in [0.05, 0.1) is 21.8 Å². The number of hydrogen-bond donors (Lipinski definition) is 1. The Morgan fingerprint density at radius 3 is 2.03 bits per heavy atom. The van der Waals surface area contributed by atoms with Gasteiger partial charge in [-0.05, 0) is 49.9 Å². The van der Waals surface area contributed by atoms with Gasteiger partial charge in [-0.25, -0.2) is 9.69 Å². The van der Waals surface area contributed by atoms with Gasteiger partial charge in [0, 0.05) is 6.04 Å². The highest BCUT2D eigenvalue weighted by atomic mass is 35.5. The topological polar surface area (TPSA) is 86.8 Å². The lowest BCUT2D eigenvalue weighted by atomic mass is 9.78. The average molecular weight is 424 g/mol. The zero-order chi connectivity index (χ0) is 21.0. The van der Waals surface area contributed by atoms with Crippen LogP contribution in [-0.2, 0) is 4.79 Å². The highest BCUT2D eigenvalue weighted by Gasteiger charge is 2.55. The Morgan fingerprint density at radius 2 is 1.43 bits per heavy atom. The van der Waals surface area contributed by atoms with E-state index >= 15 is 0 Å². The molecule has 0 unspecified atom stereocenters. The van der Waals surface area contributed by atoms with Crippen LogP contribution in [0.5, 0.6) is 0 Å². The van der Waals surface area contributed by atoms with Gasteiger partial charge in [-0.1, -0.05) is 35.9 Å². The largest absolute Gasteiger partial charge is 0.329 e. The summed E-state index contributed by atoms with van der Waals surface area (Å²) in [5, 5.41) is 3.15. The van der Waals surface area contributed by atoms with E-state index in [1.54, 1.807) is 48.5 Å². The molecule has 1 saturated carbocycles. The van der Waals surface area contributed by atoms with Gasteiger partial charge in [-0.3, -0.25) is 19.3 Å². The van der Waals surface area contributed by atoms with Crippen molar-refractivity contribution in [3.8, 4) is 0 Å². The van der Waals surface area contributed by atoms with Gasteiger partial charge < -0.3 is 5.32 Å². The van der Waals surface area contributed by atoms with Crippen molar-refractivity contribution in [2.45, 2.75) is 37.3 Å². The molecule has 0 radical (unpaired) electrons. The number of benzene rings is 2. The number of carbonyl (C=O) groups is 4. The van der Waals surface area contributed by atoms with Crippen LogP contribution in [0.3, 0.4) is 0 Å². The third kappa shape index (κ3) is 2.58. The Labute approximate surface area is 177 Å². The van der Waals surface area contributed by atoms with Crippen molar-refractivity contribution in [1.82, 2.24) is 10.2 Å². The highest BCUT2D eigenvalue weighted by molar-refractivity contribution is 6.36. The molecule has 152 valence electrons. The lowest BCUT2D eigenvalue weighted by molar-refractivity contribution is -0.123. The predicted molar refractivity (Wildman–Crippen MR) is 109 cm³/mol. The fourth-order valence-electron chi connectivity index (χ4n) is 4.70. The molecule has 2 fully saturated rings. The van der Waals surface area contributed by atoms with Crippen molar-refractivity contribution in [3.63, 3.8) is 0 Å². The van der Waals surface area contributed by atoms with Crippen LogP contribution in [0.25, 0.3) is 0 Å². The summed E-state index contributed by atoms with van der Waals surface area (Å²) in [7, 11) is 0. The third-order valence-corrected chi connectivity index (χ3v) is 6.57. The third-order valence-electron chi connectivity index (χ3n) is 6.25. The number of hydrogen-bond acceptors (Lipinski definition) is 4. The Kier molecular flexibility index (Phi) is 4.18. The zero-order valence-corrected chi connectivity index (χ0v) is 16.7. The van der Waals surface area contributed by atoms with Crippen LogP contribution in [0, 0.1) is 0 Å². The van der Waals surface area contributed by atoms with Crippen LogP contribution in [0.2, 0.25) is 5.02 Å². The Morgan fingerprint density at radius 1 is 0.867 bits per heavy atom. The Bertz CT molecular complexity index is 1070. The number of anilines is 1.